The fraction of sp³-hybridized carbons (Fsp3) is 0.579. The summed E-state index contributed by atoms with van der Waals surface area (Å²) >= 11 is 0. The average Bonchev–Trinajstić information content (AvgIpc) is 2.62. The number of aliphatic hydroxyl groups excluding tert-OH is 1. The van der Waals surface area contributed by atoms with E-state index in [2.05, 4.69) is 0 Å². The Morgan fingerprint density at radius 1 is 1.12 bits per heavy atom. The topological polar surface area (TPSA) is 60.9 Å². The van der Waals surface area contributed by atoms with E-state index in [1.54, 1.807) is 4.90 Å². The molecule has 0 spiro atoms. The summed E-state index contributed by atoms with van der Waals surface area (Å²) in [6.45, 7) is 0.812. The predicted octanol–water partition coefficient (Wildman–Crippen LogP) is 1.80. The van der Waals surface area contributed by atoms with E-state index < -0.39 is 6.23 Å². The van der Waals surface area contributed by atoms with Gasteiger partial charge >= 0.3 is 0 Å². The molecule has 1 aliphatic carbocycles. The number of rotatable bonds is 4. The molecule has 0 radical (unpaired) electrons. The lowest BCUT2D eigenvalue weighted by molar-refractivity contribution is -0.161. The summed E-state index contributed by atoms with van der Waals surface area (Å²) in [6, 6.07) is 9.92. The molecule has 0 aromatic heterocycles. The van der Waals surface area contributed by atoms with Gasteiger partial charge in [0, 0.05) is 12.5 Å². The number of carbonyl (C=O) groups excluding carboxylic acids is 2. The van der Waals surface area contributed by atoms with Gasteiger partial charge in [-0.25, -0.2) is 0 Å². The molecule has 5 nitrogen and oxygen atoms in total. The molecule has 0 unspecified atom stereocenters. The second-order valence-corrected chi connectivity index (χ2v) is 6.86. The van der Waals surface area contributed by atoms with E-state index in [9.17, 15) is 14.7 Å². The molecule has 1 heterocycles. The largest absolute Gasteiger partial charge is 0.372 e. The van der Waals surface area contributed by atoms with Gasteiger partial charge in [-0.3, -0.25) is 9.59 Å². The second kappa shape index (κ2) is 7.79. The van der Waals surface area contributed by atoms with Crippen LogP contribution in [0.15, 0.2) is 30.3 Å². The molecule has 2 aliphatic rings. The Hall–Kier alpha value is -1.88. The molecule has 2 fully saturated rings. The normalized spacial score (nSPS) is 22.7. The molecule has 24 heavy (non-hydrogen) atoms. The Bertz CT molecular complexity index is 569. The number of amides is 2. The molecule has 0 bridgehead atoms. The van der Waals surface area contributed by atoms with Crippen LogP contribution in [0.1, 0.15) is 37.7 Å². The van der Waals surface area contributed by atoms with Crippen LogP contribution in [0.3, 0.4) is 0 Å². The smallest absolute Gasteiger partial charge is 0.244 e. The van der Waals surface area contributed by atoms with Crippen LogP contribution in [0.25, 0.3) is 0 Å². The minimum absolute atomic E-state index is 0.0367. The quantitative estimate of drug-likeness (QED) is 0.916. The summed E-state index contributed by atoms with van der Waals surface area (Å²) in [4.78, 5) is 28.0. The monoisotopic (exact) mass is 330 g/mol. The lowest BCUT2D eigenvalue weighted by Gasteiger charge is -2.40. The summed E-state index contributed by atoms with van der Waals surface area (Å²) in [5.74, 6) is -0.0757. The van der Waals surface area contributed by atoms with Crippen molar-refractivity contribution in [2.45, 2.75) is 44.8 Å². The summed E-state index contributed by atoms with van der Waals surface area (Å²) < 4.78 is 0. The van der Waals surface area contributed by atoms with E-state index in [-0.39, 0.29) is 30.8 Å². The number of hydrogen-bond acceptors (Lipinski definition) is 3. The molecule has 1 saturated heterocycles. The van der Waals surface area contributed by atoms with Crippen LogP contribution in [0.5, 0.6) is 0 Å². The SMILES string of the molecule is O=C(C1CCCCC1)N1CC(=O)N(CCc2ccccc2)[C@@H](O)C1. The number of β-amino-alcohol motifs (C(OH)–C–C–N with tert-alkyl or cyclic N) is 1. The zero-order valence-corrected chi connectivity index (χ0v) is 14.1. The number of carbonyl (C=O) groups is 2. The first-order chi connectivity index (χ1) is 11.6. The first-order valence-electron chi connectivity index (χ1n) is 8.95. The molecule has 3 rings (SSSR count). The third-order valence-electron chi connectivity index (χ3n) is 5.14. The van der Waals surface area contributed by atoms with E-state index >= 15 is 0 Å². The van der Waals surface area contributed by atoms with Gasteiger partial charge in [-0.15, -0.1) is 0 Å². The Balaban J connectivity index is 1.55. The Morgan fingerprint density at radius 2 is 1.83 bits per heavy atom. The van der Waals surface area contributed by atoms with E-state index in [0.717, 1.165) is 31.2 Å². The predicted molar refractivity (Wildman–Crippen MR) is 91.0 cm³/mol. The Morgan fingerprint density at radius 3 is 2.50 bits per heavy atom. The highest BCUT2D eigenvalue weighted by Crippen LogP contribution is 2.26. The molecule has 1 atom stereocenters. The molecule has 1 aromatic rings. The van der Waals surface area contributed by atoms with E-state index in [4.69, 9.17) is 0 Å². The molecule has 2 amide bonds. The van der Waals surface area contributed by atoms with Crippen LogP contribution >= 0.6 is 0 Å². The van der Waals surface area contributed by atoms with Crippen molar-refractivity contribution in [3.8, 4) is 0 Å². The van der Waals surface area contributed by atoms with Gasteiger partial charge in [0.15, 0.2) is 0 Å². The zero-order valence-electron chi connectivity index (χ0n) is 14.1. The number of nitrogens with zero attached hydrogens (tertiary/aromatic N) is 2. The van der Waals surface area contributed by atoms with Crippen molar-refractivity contribution in [2.75, 3.05) is 19.6 Å². The van der Waals surface area contributed by atoms with E-state index in [1.807, 2.05) is 30.3 Å². The van der Waals surface area contributed by atoms with Crippen LogP contribution in [0.2, 0.25) is 0 Å². The zero-order chi connectivity index (χ0) is 16.9. The fourth-order valence-corrected chi connectivity index (χ4v) is 3.72. The summed E-state index contributed by atoms with van der Waals surface area (Å²) in [5.41, 5.74) is 1.14. The second-order valence-electron chi connectivity index (χ2n) is 6.86. The molecule has 1 N–H and O–H groups in total. The number of aliphatic hydroxyl groups is 1. The third kappa shape index (κ3) is 3.96. The maximum absolute atomic E-state index is 12.6. The molecule has 1 saturated carbocycles. The highest BCUT2D eigenvalue weighted by atomic mass is 16.3. The maximum Gasteiger partial charge on any atom is 0.244 e. The van der Waals surface area contributed by atoms with Crippen LogP contribution in [-0.2, 0) is 16.0 Å². The van der Waals surface area contributed by atoms with Crippen molar-refractivity contribution in [1.29, 1.82) is 0 Å². The molecule has 130 valence electrons. The van der Waals surface area contributed by atoms with Gasteiger partial charge in [-0.2, -0.15) is 0 Å². The fourth-order valence-electron chi connectivity index (χ4n) is 3.72. The highest BCUT2D eigenvalue weighted by molar-refractivity contribution is 5.87. The van der Waals surface area contributed by atoms with Crippen molar-refractivity contribution in [1.82, 2.24) is 9.80 Å². The lowest BCUT2D eigenvalue weighted by atomic mass is 9.88. The van der Waals surface area contributed by atoms with Gasteiger partial charge in [-0.05, 0) is 24.8 Å². The van der Waals surface area contributed by atoms with Crippen LogP contribution in [0.4, 0.5) is 0 Å². The standard InChI is InChI=1S/C19H26N2O3/c22-17-13-20(19(24)16-9-5-2-6-10-16)14-18(23)21(17)12-11-15-7-3-1-4-8-15/h1,3-4,7-8,16-17,22H,2,5-6,9-14H2/t17-/m0/s1. The molecular weight excluding hydrogens is 304 g/mol. The first-order valence-corrected chi connectivity index (χ1v) is 8.95. The van der Waals surface area contributed by atoms with Crippen molar-refractivity contribution >= 4 is 11.8 Å². The number of hydrogen-bond donors (Lipinski definition) is 1. The molecule has 1 aliphatic heterocycles. The van der Waals surface area contributed by atoms with Gasteiger partial charge in [0.1, 0.15) is 6.23 Å². The maximum atomic E-state index is 12.6. The van der Waals surface area contributed by atoms with Crippen molar-refractivity contribution in [2.24, 2.45) is 5.92 Å². The van der Waals surface area contributed by atoms with Gasteiger partial charge in [0.25, 0.3) is 0 Å². The van der Waals surface area contributed by atoms with Gasteiger partial charge in [-0.1, -0.05) is 49.6 Å². The minimum Gasteiger partial charge on any atom is -0.372 e. The van der Waals surface area contributed by atoms with Crippen molar-refractivity contribution in [3.63, 3.8) is 0 Å². The van der Waals surface area contributed by atoms with Crippen LogP contribution in [-0.4, -0.2) is 52.6 Å². The lowest BCUT2D eigenvalue weighted by Crippen LogP contribution is -2.59. The molecule has 5 heteroatoms. The average molecular weight is 330 g/mol. The number of benzene rings is 1. The first kappa shape index (κ1) is 17.0. The van der Waals surface area contributed by atoms with Crippen molar-refractivity contribution < 1.29 is 14.7 Å². The Kier molecular flexibility index (Phi) is 5.51. The molecule has 1 aromatic carbocycles. The highest BCUT2D eigenvalue weighted by Gasteiger charge is 2.35. The van der Waals surface area contributed by atoms with Gasteiger partial charge in [0.05, 0.1) is 13.1 Å². The van der Waals surface area contributed by atoms with Gasteiger partial charge < -0.3 is 14.9 Å². The van der Waals surface area contributed by atoms with E-state index in [1.165, 1.54) is 11.3 Å². The van der Waals surface area contributed by atoms with Crippen molar-refractivity contribution in [3.05, 3.63) is 35.9 Å². The van der Waals surface area contributed by atoms with Gasteiger partial charge in [0.2, 0.25) is 11.8 Å². The van der Waals surface area contributed by atoms with E-state index in [0.29, 0.717) is 13.0 Å². The Labute approximate surface area is 143 Å². The van der Waals surface area contributed by atoms with Crippen LogP contribution in [0, 0.1) is 5.92 Å². The third-order valence-corrected chi connectivity index (χ3v) is 5.14. The number of piperazine rings is 1. The summed E-state index contributed by atoms with van der Waals surface area (Å²) in [7, 11) is 0. The van der Waals surface area contributed by atoms with Crippen LogP contribution < -0.4 is 0 Å². The molecular formula is C19H26N2O3. The summed E-state index contributed by atoms with van der Waals surface area (Å²) in [6.07, 6.45) is 5.00. The minimum atomic E-state index is -0.900. The summed E-state index contributed by atoms with van der Waals surface area (Å²) in [5, 5.41) is 10.3.